The van der Waals surface area contributed by atoms with Gasteiger partial charge in [-0.05, 0) is 31.9 Å². The molecule has 0 atom stereocenters. The van der Waals surface area contributed by atoms with Gasteiger partial charge < -0.3 is 5.11 Å². The lowest BCUT2D eigenvalue weighted by atomic mass is 9.84. The molecular weight excluding hydrogens is 246 g/mol. The summed E-state index contributed by atoms with van der Waals surface area (Å²) < 4.78 is 26.0. The van der Waals surface area contributed by atoms with Crippen molar-refractivity contribution in [3.05, 3.63) is 0 Å². The predicted molar refractivity (Wildman–Crippen MR) is 68.2 cm³/mol. The van der Waals surface area contributed by atoms with Gasteiger partial charge in [0.1, 0.15) is 0 Å². The molecule has 4 nitrogen and oxygen atoms in total. The fourth-order valence-electron chi connectivity index (χ4n) is 1.74. The molecule has 0 heterocycles. The van der Waals surface area contributed by atoms with Crippen molar-refractivity contribution in [3.8, 4) is 0 Å². The van der Waals surface area contributed by atoms with Crippen LogP contribution in [0, 0.1) is 0 Å². The smallest absolute Gasteiger partial charge is 0.211 e. The number of aliphatic hydroxyl groups excluding tert-OH is 1. The number of hydrogen-bond donors (Lipinski definition) is 2. The molecule has 1 aliphatic rings. The van der Waals surface area contributed by atoms with Crippen LogP contribution >= 0.6 is 11.8 Å². The second kappa shape index (κ2) is 6.23. The summed E-state index contributed by atoms with van der Waals surface area (Å²) in [6.45, 7) is 0.611. The van der Waals surface area contributed by atoms with Crippen LogP contribution in [0.3, 0.4) is 0 Å². The number of hydrogen-bond acceptors (Lipinski definition) is 4. The van der Waals surface area contributed by atoms with Crippen molar-refractivity contribution in [2.24, 2.45) is 0 Å². The van der Waals surface area contributed by atoms with Gasteiger partial charge in [0.2, 0.25) is 10.0 Å². The topological polar surface area (TPSA) is 66.4 Å². The van der Waals surface area contributed by atoms with Crippen LogP contribution in [0.2, 0.25) is 0 Å². The van der Waals surface area contributed by atoms with Crippen molar-refractivity contribution in [1.29, 1.82) is 0 Å². The molecule has 0 aromatic rings. The fourth-order valence-corrected chi connectivity index (χ4v) is 3.97. The quantitative estimate of drug-likeness (QED) is 0.643. The number of aliphatic hydroxyl groups is 1. The Kier molecular flexibility index (Phi) is 5.56. The minimum absolute atomic E-state index is 0.0598. The lowest BCUT2D eigenvalue weighted by Gasteiger charge is -2.40. The third-order valence-corrected chi connectivity index (χ3v) is 5.96. The zero-order chi connectivity index (χ0) is 12.1. The van der Waals surface area contributed by atoms with Gasteiger partial charge in [0.05, 0.1) is 5.75 Å². The van der Waals surface area contributed by atoms with Gasteiger partial charge in [0.15, 0.2) is 0 Å². The molecule has 0 aliphatic heterocycles. The third-order valence-electron chi connectivity index (χ3n) is 3.13. The molecule has 1 rings (SSSR count). The molecule has 16 heavy (non-hydrogen) atoms. The minimum Gasteiger partial charge on any atom is -0.396 e. The van der Waals surface area contributed by atoms with Crippen molar-refractivity contribution in [2.45, 2.75) is 36.9 Å². The van der Waals surface area contributed by atoms with Crippen molar-refractivity contribution >= 4 is 21.8 Å². The van der Waals surface area contributed by atoms with Gasteiger partial charge in [0, 0.05) is 17.9 Å². The Labute approximate surface area is 102 Å². The molecule has 0 amide bonds. The van der Waals surface area contributed by atoms with E-state index in [1.165, 1.54) is 6.42 Å². The standard InChI is InChI=1S/C10H21NO3S2/c1-15-10(5-4-6-10)9-11-16(13,14)8-3-2-7-12/h11-12H,2-9H2,1H3. The molecule has 1 aliphatic carbocycles. The average molecular weight is 267 g/mol. The first-order chi connectivity index (χ1) is 7.54. The van der Waals surface area contributed by atoms with E-state index >= 15 is 0 Å². The maximum absolute atomic E-state index is 11.6. The number of unbranched alkanes of at least 4 members (excludes halogenated alkanes) is 1. The Morgan fingerprint density at radius 3 is 2.50 bits per heavy atom. The van der Waals surface area contributed by atoms with E-state index in [1.807, 2.05) is 6.26 Å². The molecule has 2 N–H and O–H groups in total. The Hall–Kier alpha value is 0.220. The fraction of sp³-hybridized carbons (Fsp3) is 1.00. The maximum atomic E-state index is 11.6. The van der Waals surface area contributed by atoms with Crippen LogP contribution in [0.25, 0.3) is 0 Å². The molecule has 1 fully saturated rings. The highest BCUT2D eigenvalue weighted by atomic mass is 32.2. The molecule has 0 aromatic heterocycles. The predicted octanol–water partition coefficient (Wildman–Crippen LogP) is 0.964. The number of sulfonamides is 1. The Morgan fingerprint density at radius 1 is 1.38 bits per heavy atom. The van der Waals surface area contributed by atoms with Gasteiger partial charge in [0.25, 0.3) is 0 Å². The summed E-state index contributed by atoms with van der Waals surface area (Å²) in [6.07, 6.45) is 6.53. The second-order valence-electron chi connectivity index (χ2n) is 4.31. The molecule has 0 aromatic carbocycles. The summed E-state index contributed by atoms with van der Waals surface area (Å²) in [5.41, 5.74) is 0. The van der Waals surface area contributed by atoms with Crippen LogP contribution < -0.4 is 4.72 Å². The van der Waals surface area contributed by atoms with Gasteiger partial charge in [-0.1, -0.05) is 6.42 Å². The molecule has 0 saturated heterocycles. The summed E-state index contributed by atoms with van der Waals surface area (Å²) in [6, 6.07) is 0. The minimum atomic E-state index is -3.15. The van der Waals surface area contributed by atoms with Crippen LogP contribution in [0.1, 0.15) is 32.1 Å². The highest BCUT2D eigenvalue weighted by Crippen LogP contribution is 2.42. The Balaban J connectivity index is 2.30. The first-order valence-electron chi connectivity index (χ1n) is 5.67. The summed E-state index contributed by atoms with van der Waals surface area (Å²) in [5, 5.41) is 8.59. The van der Waals surface area contributed by atoms with E-state index in [2.05, 4.69) is 4.72 Å². The molecular formula is C10H21NO3S2. The normalized spacial score (nSPS) is 19.4. The summed E-state index contributed by atoms with van der Waals surface area (Å²) >= 11 is 1.76. The molecule has 6 heteroatoms. The summed E-state index contributed by atoms with van der Waals surface area (Å²) in [7, 11) is -3.15. The molecule has 96 valence electrons. The lowest BCUT2D eigenvalue weighted by Crippen LogP contribution is -2.45. The van der Waals surface area contributed by atoms with E-state index in [9.17, 15) is 8.42 Å². The number of rotatable bonds is 8. The van der Waals surface area contributed by atoms with E-state index < -0.39 is 10.0 Å². The highest BCUT2D eigenvalue weighted by molar-refractivity contribution is 8.00. The van der Waals surface area contributed by atoms with Crippen molar-refractivity contribution < 1.29 is 13.5 Å². The van der Waals surface area contributed by atoms with Gasteiger partial charge in [-0.25, -0.2) is 13.1 Å². The van der Waals surface area contributed by atoms with E-state index in [0.29, 0.717) is 19.4 Å². The summed E-state index contributed by atoms with van der Waals surface area (Å²) in [4.78, 5) is 0. The molecule has 1 saturated carbocycles. The van der Waals surface area contributed by atoms with E-state index in [4.69, 9.17) is 5.11 Å². The Bertz CT molecular complexity index is 294. The van der Waals surface area contributed by atoms with Crippen LogP contribution in [0.15, 0.2) is 0 Å². The third kappa shape index (κ3) is 4.24. The maximum Gasteiger partial charge on any atom is 0.211 e. The largest absolute Gasteiger partial charge is 0.396 e. The Morgan fingerprint density at radius 2 is 2.06 bits per heavy atom. The molecule has 0 bridgehead atoms. The number of thioether (sulfide) groups is 1. The summed E-state index contributed by atoms with van der Waals surface area (Å²) in [5.74, 6) is 0.123. The zero-order valence-corrected chi connectivity index (χ0v) is 11.4. The highest BCUT2D eigenvalue weighted by Gasteiger charge is 2.36. The first-order valence-corrected chi connectivity index (χ1v) is 8.55. The van der Waals surface area contributed by atoms with Crippen LogP contribution in [0.5, 0.6) is 0 Å². The van der Waals surface area contributed by atoms with Crippen molar-refractivity contribution in [2.75, 3.05) is 25.2 Å². The second-order valence-corrected chi connectivity index (χ2v) is 7.51. The molecule has 0 unspecified atom stereocenters. The van der Waals surface area contributed by atoms with Crippen LogP contribution in [0.4, 0.5) is 0 Å². The monoisotopic (exact) mass is 267 g/mol. The van der Waals surface area contributed by atoms with E-state index in [1.54, 1.807) is 11.8 Å². The van der Waals surface area contributed by atoms with E-state index in [-0.39, 0.29) is 17.1 Å². The van der Waals surface area contributed by atoms with Crippen molar-refractivity contribution in [1.82, 2.24) is 4.72 Å². The van der Waals surface area contributed by atoms with Crippen molar-refractivity contribution in [3.63, 3.8) is 0 Å². The van der Waals surface area contributed by atoms with Gasteiger partial charge >= 0.3 is 0 Å². The zero-order valence-electron chi connectivity index (χ0n) is 9.74. The van der Waals surface area contributed by atoms with Gasteiger partial charge in [-0.2, -0.15) is 11.8 Å². The molecule has 0 radical (unpaired) electrons. The average Bonchev–Trinajstić information content (AvgIpc) is 2.17. The SMILES string of the molecule is CSC1(CNS(=O)(=O)CCCCO)CCC1. The van der Waals surface area contributed by atoms with Gasteiger partial charge in [-0.15, -0.1) is 0 Å². The molecule has 0 spiro atoms. The number of nitrogens with one attached hydrogen (secondary N) is 1. The first kappa shape index (κ1) is 14.3. The van der Waals surface area contributed by atoms with Gasteiger partial charge in [-0.3, -0.25) is 0 Å². The van der Waals surface area contributed by atoms with Crippen LogP contribution in [-0.4, -0.2) is 43.4 Å². The lowest BCUT2D eigenvalue weighted by molar-refractivity contribution is 0.287. The van der Waals surface area contributed by atoms with E-state index in [0.717, 1.165) is 12.8 Å². The van der Waals surface area contributed by atoms with Crippen LogP contribution in [-0.2, 0) is 10.0 Å².